The summed E-state index contributed by atoms with van der Waals surface area (Å²) < 4.78 is 11.4. The summed E-state index contributed by atoms with van der Waals surface area (Å²) in [6.45, 7) is 3.52. The van der Waals surface area contributed by atoms with Crippen LogP contribution in [0.25, 0.3) is 0 Å². The van der Waals surface area contributed by atoms with Crippen molar-refractivity contribution in [1.82, 2.24) is 0 Å². The van der Waals surface area contributed by atoms with Gasteiger partial charge in [0.25, 0.3) is 0 Å². The van der Waals surface area contributed by atoms with Crippen molar-refractivity contribution in [2.24, 2.45) is 0 Å². The van der Waals surface area contributed by atoms with Crippen LogP contribution in [0.3, 0.4) is 0 Å². The molecule has 2 aromatic rings. The highest BCUT2D eigenvalue weighted by atomic mass is 16.5. The summed E-state index contributed by atoms with van der Waals surface area (Å²) in [4.78, 5) is 16.8. The van der Waals surface area contributed by atoms with Crippen LogP contribution in [0.15, 0.2) is 48.5 Å². The molecule has 2 aromatic carbocycles. The molecule has 5 nitrogen and oxygen atoms in total. The molecular weight excluding hydrogens is 304 g/mol. The molecule has 2 aliphatic rings. The largest absolute Gasteiger partial charge is 0.493 e. The molecule has 2 aliphatic heterocycles. The van der Waals surface area contributed by atoms with Crippen LogP contribution >= 0.6 is 0 Å². The zero-order valence-electron chi connectivity index (χ0n) is 13.5. The molecule has 0 atom stereocenters. The number of carbonyl (C=O) groups is 1. The molecule has 0 unspecified atom stereocenters. The van der Waals surface area contributed by atoms with Gasteiger partial charge >= 0.3 is 0 Å². The van der Waals surface area contributed by atoms with Crippen molar-refractivity contribution in [3.8, 4) is 11.5 Å². The molecule has 124 valence electrons. The van der Waals surface area contributed by atoms with E-state index < -0.39 is 0 Å². The van der Waals surface area contributed by atoms with Gasteiger partial charge < -0.3 is 19.3 Å². The van der Waals surface area contributed by atoms with Crippen LogP contribution in [-0.2, 0) is 4.79 Å². The number of hydrogen-bond acceptors (Lipinski definition) is 4. The lowest BCUT2D eigenvalue weighted by Gasteiger charge is -2.41. The van der Waals surface area contributed by atoms with Crippen molar-refractivity contribution < 1.29 is 14.3 Å². The number of para-hydroxylation sites is 2. The first-order valence-electron chi connectivity index (χ1n) is 8.32. The molecule has 0 spiro atoms. The molecule has 0 saturated heterocycles. The molecule has 0 radical (unpaired) electrons. The van der Waals surface area contributed by atoms with Gasteiger partial charge in [-0.2, -0.15) is 0 Å². The average Bonchev–Trinajstić information content (AvgIpc) is 2.63. The van der Waals surface area contributed by atoms with Crippen molar-refractivity contribution in [2.75, 3.05) is 42.6 Å². The molecular formula is C19H20N2O3. The van der Waals surface area contributed by atoms with E-state index in [1.807, 2.05) is 53.4 Å². The minimum atomic E-state index is 0.0876. The Hall–Kier alpha value is -2.69. The van der Waals surface area contributed by atoms with E-state index in [2.05, 4.69) is 4.90 Å². The number of amides is 1. The first-order chi connectivity index (χ1) is 11.8. The molecule has 0 aliphatic carbocycles. The van der Waals surface area contributed by atoms with Gasteiger partial charge in [0.05, 0.1) is 25.3 Å². The van der Waals surface area contributed by atoms with Crippen molar-refractivity contribution in [1.29, 1.82) is 0 Å². The lowest BCUT2D eigenvalue weighted by atomic mass is 10.1. The lowest BCUT2D eigenvalue weighted by Crippen LogP contribution is -2.47. The second kappa shape index (κ2) is 6.43. The zero-order chi connectivity index (χ0) is 16.4. The molecule has 0 N–H and O–H groups in total. The Balaban J connectivity index is 1.45. The Bertz CT molecular complexity index is 733. The van der Waals surface area contributed by atoms with E-state index in [1.54, 1.807) is 0 Å². The molecule has 0 saturated carbocycles. The minimum absolute atomic E-state index is 0.0876. The maximum Gasteiger partial charge on any atom is 0.230 e. The van der Waals surface area contributed by atoms with Crippen LogP contribution in [0.5, 0.6) is 11.5 Å². The Morgan fingerprint density at radius 2 is 1.92 bits per heavy atom. The third-order valence-corrected chi connectivity index (χ3v) is 4.43. The van der Waals surface area contributed by atoms with Crippen LogP contribution in [-0.4, -0.2) is 38.8 Å². The highest BCUT2D eigenvalue weighted by molar-refractivity contribution is 5.99. The monoisotopic (exact) mass is 324 g/mol. The zero-order valence-corrected chi connectivity index (χ0v) is 13.5. The first kappa shape index (κ1) is 14.9. The predicted octanol–water partition coefficient (Wildman–Crippen LogP) is 2.70. The Labute approximate surface area is 141 Å². The summed E-state index contributed by atoms with van der Waals surface area (Å²) in [5, 5.41) is 0. The third-order valence-electron chi connectivity index (χ3n) is 4.43. The number of rotatable bonds is 4. The highest BCUT2D eigenvalue weighted by Gasteiger charge is 2.31. The number of anilines is 2. The van der Waals surface area contributed by atoms with Crippen LogP contribution in [0.1, 0.15) is 6.42 Å². The standard InChI is InChI=1S/C19H20N2O3/c22-18(9-13-23-15-5-2-1-3-6-15)21-11-10-20-12-14-24-17-8-4-7-16(21)19(17)20/h1-8H,9-14H2. The SMILES string of the molecule is O=C(CCOc1ccccc1)N1CCN2CCOc3cccc1c32. The smallest absolute Gasteiger partial charge is 0.230 e. The number of hydrogen-bond donors (Lipinski definition) is 0. The van der Waals surface area contributed by atoms with Crippen molar-refractivity contribution in [2.45, 2.75) is 6.42 Å². The van der Waals surface area contributed by atoms with E-state index in [0.29, 0.717) is 26.2 Å². The van der Waals surface area contributed by atoms with E-state index in [4.69, 9.17) is 9.47 Å². The van der Waals surface area contributed by atoms with E-state index in [-0.39, 0.29) is 5.91 Å². The number of ether oxygens (including phenoxy) is 2. The summed E-state index contributed by atoms with van der Waals surface area (Å²) in [5.41, 5.74) is 2.00. The van der Waals surface area contributed by atoms with Crippen molar-refractivity contribution in [3.05, 3.63) is 48.5 Å². The van der Waals surface area contributed by atoms with Gasteiger partial charge in [0, 0.05) is 13.1 Å². The normalized spacial score (nSPS) is 15.5. The minimum Gasteiger partial charge on any atom is -0.493 e. The molecule has 4 rings (SSSR count). The molecule has 2 heterocycles. The summed E-state index contributed by atoms with van der Waals surface area (Å²) in [5.74, 6) is 1.75. The first-order valence-corrected chi connectivity index (χ1v) is 8.32. The number of carbonyl (C=O) groups excluding carboxylic acids is 1. The van der Waals surface area contributed by atoms with Crippen LogP contribution in [0.4, 0.5) is 11.4 Å². The van der Waals surface area contributed by atoms with Gasteiger partial charge in [-0.05, 0) is 24.3 Å². The topological polar surface area (TPSA) is 42.0 Å². The summed E-state index contributed by atoms with van der Waals surface area (Å²) >= 11 is 0. The maximum absolute atomic E-state index is 12.7. The second-order valence-corrected chi connectivity index (χ2v) is 5.92. The van der Waals surface area contributed by atoms with Crippen LogP contribution in [0.2, 0.25) is 0 Å². The fourth-order valence-electron chi connectivity index (χ4n) is 3.27. The molecule has 5 heteroatoms. The summed E-state index contributed by atoms with van der Waals surface area (Å²) in [7, 11) is 0. The number of benzene rings is 2. The highest BCUT2D eigenvalue weighted by Crippen LogP contribution is 2.42. The molecule has 24 heavy (non-hydrogen) atoms. The van der Waals surface area contributed by atoms with Gasteiger partial charge in [0.1, 0.15) is 23.8 Å². The third kappa shape index (κ3) is 2.77. The van der Waals surface area contributed by atoms with Gasteiger partial charge in [0.15, 0.2) is 0 Å². The Morgan fingerprint density at radius 3 is 2.79 bits per heavy atom. The average molecular weight is 324 g/mol. The van der Waals surface area contributed by atoms with Crippen LogP contribution < -0.4 is 19.3 Å². The fourth-order valence-corrected chi connectivity index (χ4v) is 3.27. The molecule has 0 bridgehead atoms. The molecule has 0 aromatic heterocycles. The van der Waals surface area contributed by atoms with Gasteiger partial charge in [0.2, 0.25) is 5.91 Å². The van der Waals surface area contributed by atoms with Gasteiger partial charge in [-0.1, -0.05) is 24.3 Å². The van der Waals surface area contributed by atoms with Crippen molar-refractivity contribution >= 4 is 17.3 Å². The van der Waals surface area contributed by atoms with Gasteiger partial charge in [-0.3, -0.25) is 4.79 Å². The Morgan fingerprint density at radius 1 is 1.04 bits per heavy atom. The molecule has 0 fully saturated rings. The van der Waals surface area contributed by atoms with Crippen LogP contribution in [0, 0.1) is 0 Å². The number of nitrogens with zero attached hydrogens (tertiary/aromatic N) is 2. The predicted molar refractivity (Wildman–Crippen MR) is 93.1 cm³/mol. The van der Waals surface area contributed by atoms with E-state index >= 15 is 0 Å². The maximum atomic E-state index is 12.7. The van der Waals surface area contributed by atoms with E-state index in [1.165, 1.54) is 0 Å². The van der Waals surface area contributed by atoms with E-state index in [0.717, 1.165) is 36.0 Å². The second-order valence-electron chi connectivity index (χ2n) is 5.92. The fraction of sp³-hybridized carbons (Fsp3) is 0.316. The van der Waals surface area contributed by atoms with E-state index in [9.17, 15) is 4.79 Å². The quantitative estimate of drug-likeness (QED) is 0.867. The summed E-state index contributed by atoms with van der Waals surface area (Å²) in [6, 6.07) is 15.5. The van der Waals surface area contributed by atoms with Gasteiger partial charge in [-0.25, -0.2) is 0 Å². The lowest BCUT2D eigenvalue weighted by molar-refractivity contribution is -0.119. The molecule has 1 amide bonds. The Kier molecular flexibility index (Phi) is 3.99. The van der Waals surface area contributed by atoms with Gasteiger partial charge in [-0.15, -0.1) is 0 Å². The van der Waals surface area contributed by atoms with Crippen molar-refractivity contribution in [3.63, 3.8) is 0 Å². The summed E-state index contributed by atoms with van der Waals surface area (Å²) in [6.07, 6.45) is 0.361.